The number of hydrogen-bond acceptors (Lipinski definition) is 0. The van der Waals surface area contributed by atoms with Crippen LogP contribution in [0.15, 0.2) is 85.1 Å². The second-order valence-electron chi connectivity index (χ2n) is 11.9. The highest BCUT2D eigenvalue weighted by Gasteiger charge is 2.21. The van der Waals surface area contributed by atoms with E-state index >= 15 is 0 Å². The Kier molecular flexibility index (Phi) is 5.81. The van der Waals surface area contributed by atoms with Gasteiger partial charge in [0, 0.05) is 22.5 Å². The molecule has 0 unspecified atom stereocenters. The molecule has 2 heterocycles. The topological polar surface area (TPSA) is 8.81 Å². The van der Waals surface area contributed by atoms with E-state index in [0.29, 0.717) is 0 Å². The molecule has 1 aliphatic rings. The maximum absolute atomic E-state index is 2.47. The molecular weight excluding hydrogens is 472 g/mol. The van der Waals surface area contributed by atoms with Crippen molar-refractivity contribution in [1.82, 2.24) is 4.57 Å². The van der Waals surface area contributed by atoms with Gasteiger partial charge in [-0.1, -0.05) is 61.6 Å². The van der Waals surface area contributed by atoms with E-state index in [9.17, 15) is 0 Å². The monoisotopic (exact) mass is 509 g/mol. The Morgan fingerprint density at radius 3 is 2.41 bits per heavy atom. The molecule has 39 heavy (non-hydrogen) atoms. The number of pyridine rings is 1. The minimum absolute atomic E-state index is 0.854. The van der Waals surface area contributed by atoms with Crippen LogP contribution in [0, 0.1) is 26.7 Å². The molecule has 0 atom stereocenters. The van der Waals surface area contributed by atoms with Gasteiger partial charge in [-0.05, 0) is 97.7 Å². The standard InChI is InChI=1S/C37H37N2/c1-24-19-25(2)26(3)33(20-24)37-31-15-14-30(23-29(31)17-18-38(37)4)39-35-12-8-7-11-32(35)34-22-28(13-16-36(34)39)21-27-9-5-6-10-27/h7-8,11-20,22-23,27H,5-6,9-10,21H2,1-4H3/q+1. The normalized spacial score (nSPS) is 14.3. The second-order valence-corrected chi connectivity index (χ2v) is 11.9. The number of para-hydroxylation sites is 1. The van der Waals surface area contributed by atoms with Gasteiger partial charge in [-0.3, -0.25) is 0 Å². The summed E-state index contributed by atoms with van der Waals surface area (Å²) in [5.74, 6) is 0.854. The fourth-order valence-corrected chi connectivity index (χ4v) is 7.09. The van der Waals surface area contributed by atoms with Gasteiger partial charge in [0.1, 0.15) is 7.05 Å². The summed E-state index contributed by atoms with van der Waals surface area (Å²) in [6.45, 7) is 6.66. The van der Waals surface area contributed by atoms with E-state index in [1.807, 2.05) is 0 Å². The lowest BCUT2D eigenvalue weighted by Crippen LogP contribution is -2.30. The van der Waals surface area contributed by atoms with E-state index in [4.69, 9.17) is 0 Å². The van der Waals surface area contributed by atoms with Gasteiger partial charge in [0.15, 0.2) is 6.20 Å². The summed E-state index contributed by atoms with van der Waals surface area (Å²) in [5, 5.41) is 5.26. The van der Waals surface area contributed by atoms with Crippen LogP contribution in [0.25, 0.3) is 49.5 Å². The molecule has 0 radical (unpaired) electrons. The molecule has 0 bridgehead atoms. The van der Waals surface area contributed by atoms with Crippen LogP contribution < -0.4 is 4.57 Å². The van der Waals surface area contributed by atoms with Crippen LogP contribution in [0.3, 0.4) is 0 Å². The van der Waals surface area contributed by atoms with Gasteiger partial charge in [0.2, 0.25) is 5.69 Å². The molecule has 7 rings (SSSR count). The Hall–Kier alpha value is -3.91. The van der Waals surface area contributed by atoms with E-state index in [1.165, 1.54) is 104 Å². The molecule has 1 aliphatic carbocycles. The zero-order valence-corrected chi connectivity index (χ0v) is 23.6. The maximum atomic E-state index is 2.47. The molecule has 1 saturated carbocycles. The molecule has 6 aromatic rings. The summed E-state index contributed by atoms with van der Waals surface area (Å²) in [6, 6.07) is 30.0. The van der Waals surface area contributed by atoms with Crippen molar-refractivity contribution >= 4 is 32.6 Å². The lowest BCUT2D eigenvalue weighted by Gasteiger charge is -2.13. The number of aromatic nitrogens is 2. The minimum atomic E-state index is 0.854. The van der Waals surface area contributed by atoms with Gasteiger partial charge in [0.05, 0.1) is 22.0 Å². The van der Waals surface area contributed by atoms with Gasteiger partial charge in [-0.15, -0.1) is 0 Å². The summed E-state index contributed by atoms with van der Waals surface area (Å²) >= 11 is 0. The smallest absolute Gasteiger partial charge is 0.220 e. The van der Waals surface area contributed by atoms with Crippen LogP contribution in [0.4, 0.5) is 0 Å². The fourth-order valence-electron chi connectivity index (χ4n) is 7.09. The average molecular weight is 510 g/mol. The van der Waals surface area contributed by atoms with Crippen LogP contribution in [0.2, 0.25) is 0 Å². The molecule has 4 aromatic carbocycles. The first-order valence-electron chi connectivity index (χ1n) is 14.5. The molecule has 0 N–H and O–H groups in total. The van der Waals surface area contributed by atoms with Crippen molar-refractivity contribution in [1.29, 1.82) is 0 Å². The van der Waals surface area contributed by atoms with Crippen molar-refractivity contribution in [2.45, 2.75) is 52.9 Å². The molecule has 0 amide bonds. The molecule has 0 spiro atoms. The first-order valence-corrected chi connectivity index (χ1v) is 14.5. The number of hydrogen-bond donors (Lipinski definition) is 0. The predicted octanol–water partition coefficient (Wildman–Crippen LogP) is 9.09. The molecular formula is C37H37N2+. The highest BCUT2D eigenvalue weighted by atomic mass is 15.0. The summed E-state index contributed by atoms with van der Waals surface area (Å²) in [7, 11) is 2.16. The van der Waals surface area contributed by atoms with Crippen LogP contribution in [-0.4, -0.2) is 4.57 Å². The maximum Gasteiger partial charge on any atom is 0.220 e. The van der Waals surface area contributed by atoms with Crippen molar-refractivity contribution in [3.63, 3.8) is 0 Å². The van der Waals surface area contributed by atoms with E-state index in [2.05, 4.69) is 122 Å². The highest BCUT2D eigenvalue weighted by Crippen LogP contribution is 2.36. The van der Waals surface area contributed by atoms with Crippen LogP contribution >= 0.6 is 0 Å². The van der Waals surface area contributed by atoms with E-state index in [-0.39, 0.29) is 0 Å². The second kappa shape index (κ2) is 9.38. The van der Waals surface area contributed by atoms with Gasteiger partial charge >= 0.3 is 0 Å². The molecule has 194 valence electrons. The Bertz CT molecular complexity index is 1880. The lowest BCUT2D eigenvalue weighted by atomic mass is 9.94. The van der Waals surface area contributed by atoms with E-state index < -0.39 is 0 Å². The Labute approximate surface area is 231 Å². The van der Waals surface area contributed by atoms with Crippen molar-refractivity contribution in [3.8, 4) is 16.9 Å². The predicted molar refractivity (Wildman–Crippen MR) is 165 cm³/mol. The van der Waals surface area contributed by atoms with Crippen LogP contribution in [0.5, 0.6) is 0 Å². The van der Waals surface area contributed by atoms with E-state index in [0.717, 1.165) is 5.92 Å². The van der Waals surface area contributed by atoms with Crippen molar-refractivity contribution in [3.05, 3.63) is 107 Å². The van der Waals surface area contributed by atoms with Crippen LogP contribution in [-0.2, 0) is 13.5 Å². The lowest BCUT2D eigenvalue weighted by molar-refractivity contribution is -0.659. The summed E-state index contributed by atoms with van der Waals surface area (Å²) in [6.07, 6.45) is 8.99. The van der Waals surface area contributed by atoms with Gasteiger partial charge < -0.3 is 4.57 Å². The third-order valence-corrected chi connectivity index (χ3v) is 9.18. The Balaban J connectivity index is 1.41. The zero-order chi connectivity index (χ0) is 26.7. The molecule has 0 saturated heterocycles. The minimum Gasteiger partial charge on any atom is -0.309 e. The number of benzene rings is 4. The zero-order valence-electron chi connectivity index (χ0n) is 23.6. The number of aryl methyl sites for hydroxylation is 3. The SMILES string of the molecule is Cc1cc(C)c(C)c(-c2c3ccc(-n4c5ccccc5c5cc(CC6CCCC6)ccc54)cc3cc[n+]2C)c1. The summed E-state index contributed by atoms with van der Waals surface area (Å²) in [5.41, 5.74) is 11.9. The number of fused-ring (bicyclic) bond motifs is 4. The van der Waals surface area contributed by atoms with Crippen molar-refractivity contribution < 1.29 is 4.57 Å². The highest BCUT2D eigenvalue weighted by molar-refractivity contribution is 6.09. The fraction of sp³-hybridized carbons (Fsp3) is 0.270. The molecule has 1 fully saturated rings. The summed E-state index contributed by atoms with van der Waals surface area (Å²) < 4.78 is 4.73. The Morgan fingerprint density at radius 1 is 0.769 bits per heavy atom. The third kappa shape index (κ3) is 4.05. The van der Waals surface area contributed by atoms with E-state index in [1.54, 1.807) is 0 Å². The molecule has 2 aromatic heterocycles. The Morgan fingerprint density at radius 2 is 1.56 bits per heavy atom. The largest absolute Gasteiger partial charge is 0.309 e. The van der Waals surface area contributed by atoms with Crippen molar-refractivity contribution in [2.24, 2.45) is 13.0 Å². The van der Waals surface area contributed by atoms with Gasteiger partial charge in [-0.2, -0.15) is 0 Å². The van der Waals surface area contributed by atoms with Crippen LogP contribution in [0.1, 0.15) is 47.9 Å². The number of nitrogens with zero attached hydrogens (tertiary/aromatic N) is 2. The van der Waals surface area contributed by atoms with Crippen molar-refractivity contribution in [2.75, 3.05) is 0 Å². The average Bonchev–Trinajstić information content (AvgIpc) is 3.56. The van der Waals surface area contributed by atoms with Gasteiger partial charge in [-0.25, -0.2) is 4.57 Å². The number of rotatable bonds is 4. The first kappa shape index (κ1) is 24.2. The molecule has 0 aliphatic heterocycles. The van der Waals surface area contributed by atoms with Gasteiger partial charge in [0.25, 0.3) is 0 Å². The molecule has 2 nitrogen and oxygen atoms in total. The summed E-state index contributed by atoms with van der Waals surface area (Å²) in [4.78, 5) is 0. The first-order chi connectivity index (χ1) is 19.0. The molecule has 2 heteroatoms. The quantitative estimate of drug-likeness (QED) is 0.210. The third-order valence-electron chi connectivity index (χ3n) is 9.18.